The summed E-state index contributed by atoms with van der Waals surface area (Å²) in [5, 5.41) is 6.71. The third kappa shape index (κ3) is 7.90. The van der Waals surface area contributed by atoms with Crippen molar-refractivity contribution < 1.29 is 9.53 Å². The van der Waals surface area contributed by atoms with Gasteiger partial charge in [-0.25, -0.2) is 4.99 Å². The molecule has 0 aromatic heterocycles. The second-order valence-electron chi connectivity index (χ2n) is 6.60. The van der Waals surface area contributed by atoms with Crippen molar-refractivity contribution >= 4 is 35.8 Å². The maximum Gasteiger partial charge on any atom is 0.243 e. The van der Waals surface area contributed by atoms with E-state index in [0.717, 1.165) is 19.4 Å². The predicted molar refractivity (Wildman–Crippen MR) is 116 cm³/mol. The topological polar surface area (TPSA) is 66.0 Å². The first-order chi connectivity index (χ1) is 12.1. The van der Waals surface area contributed by atoms with Crippen LogP contribution < -0.4 is 10.6 Å². The summed E-state index contributed by atoms with van der Waals surface area (Å²) in [6.45, 7) is 3.72. The lowest BCUT2D eigenvalue weighted by molar-refractivity contribution is -0.127. The Morgan fingerprint density at radius 3 is 2.65 bits per heavy atom. The SMILES string of the molecule is CC(NC(=NCC(=O)N(C)C)NCC1CCCCO1)c1ccccc1.I. The zero-order chi connectivity index (χ0) is 18.1. The molecule has 6 nitrogen and oxygen atoms in total. The van der Waals surface area contributed by atoms with Crippen LogP contribution in [0.4, 0.5) is 0 Å². The highest BCUT2D eigenvalue weighted by molar-refractivity contribution is 14.0. The van der Waals surface area contributed by atoms with Crippen LogP contribution in [0.5, 0.6) is 0 Å². The fourth-order valence-corrected chi connectivity index (χ4v) is 2.65. The van der Waals surface area contributed by atoms with Crippen LogP contribution in [0.1, 0.15) is 37.8 Å². The molecule has 2 N–H and O–H groups in total. The van der Waals surface area contributed by atoms with Crippen molar-refractivity contribution in [3.05, 3.63) is 35.9 Å². The molecule has 0 bridgehead atoms. The molecule has 2 rings (SSSR count). The van der Waals surface area contributed by atoms with Gasteiger partial charge in [-0.2, -0.15) is 0 Å². The molecule has 0 saturated carbocycles. The zero-order valence-corrected chi connectivity index (χ0v) is 18.2. The van der Waals surface area contributed by atoms with E-state index in [9.17, 15) is 4.79 Å². The van der Waals surface area contributed by atoms with Crippen LogP contribution in [0, 0.1) is 0 Å². The van der Waals surface area contributed by atoms with Gasteiger partial charge >= 0.3 is 0 Å². The minimum atomic E-state index is -0.0256. The maximum absolute atomic E-state index is 11.8. The van der Waals surface area contributed by atoms with E-state index >= 15 is 0 Å². The number of aliphatic imine (C=N–C) groups is 1. The minimum absolute atomic E-state index is 0. The first-order valence-corrected chi connectivity index (χ1v) is 8.98. The number of halogens is 1. The smallest absolute Gasteiger partial charge is 0.243 e. The average Bonchev–Trinajstić information content (AvgIpc) is 2.65. The second-order valence-corrected chi connectivity index (χ2v) is 6.60. The van der Waals surface area contributed by atoms with Gasteiger partial charge in [-0.05, 0) is 31.7 Å². The summed E-state index contributed by atoms with van der Waals surface area (Å²) in [5.74, 6) is 0.614. The lowest BCUT2D eigenvalue weighted by atomic mass is 10.1. The number of guanidine groups is 1. The zero-order valence-electron chi connectivity index (χ0n) is 15.9. The van der Waals surface area contributed by atoms with Gasteiger partial charge in [-0.15, -0.1) is 24.0 Å². The lowest BCUT2D eigenvalue weighted by Gasteiger charge is -2.25. The number of likely N-dealkylation sites (N-methyl/N-ethyl adjacent to an activating group) is 1. The molecule has 1 heterocycles. The van der Waals surface area contributed by atoms with Gasteiger partial charge < -0.3 is 20.3 Å². The Morgan fingerprint density at radius 2 is 2.04 bits per heavy atom. The van der Waals surface area contributed by atoms with E-state index in [-0.39, 0.29) is 48.6 Å². The number of rotatable bonds is 6. The van der Waals surface area contributed by atoms with Crippen molar-refractivity contribution in [2.24, 2.45) is 4.99 Å². The first-order valence-electron chi connectivity index (χ1n) is 8.98. The normalized spacial score (nSPS) is 18.4. The van der Waals surface area contributed by atoms with Crippen LogP contribution in [0.25, 0.3) is 0 Å². The van der Waals surface area contributed by atoms with Crippen molar-refractivity contribution in [2.75, 3.05) is 33.8 Å². The lowest BCUT2D eigenvalue weighted by Crippen LogP contribution is -2.44. The summed E-state index contributed by atoms with van der Waals surface area (Å²) in [4.78, 5) is 17.8. The van der Waals surface area contributed by atoms with Gasteiger partial charge in [0.15, 0.2) is 5.96 Å². The van der Waals surface area contributed by atoms with Gasteiger partial charge in [-0.3, -0.25) is 4.79 Å². The van der Waals surface area contributed by atoms with Crippen molar-refractivity contribution in [1.29, 1.82) is 0 Å². The molecule has 1 aromatic rings. The van der Waals surface area contributed by atoms with Gasteiger partial charge in [0.1, 0.15) is 6.54 Å². The molecular formula is C19H31IN4O2. The monoisotopic (exact) mass is 474 g/mol. The van der Waals surface area contributed by atoms with E-state index in [1.807, 2.05) is 18.2 Å². The number of nitrogens with zero attached hydrogens (tertiary/aromatic N) is 2. The number of benzene rings is 1. The fourth-order valence-electron chi connectivity index (χ4n) is 2.65. The summed E-state index contributed by atoms with van der Waals surface area (Å²) in [5.41, 5.74) is 1.17. The molecule has 1 aliphatic heterocycles. The molecule has 1 amide bonds. The molecule has 2 unspecified atom stereocenters. The molecule has 1 fully saturated rings. The molecule has 146 valence electrons. The van der Waals surface area contributed by atoms with E-state index in [2.05, 4.69) is 34.7 Å². The summed E-state index contributed by atoms with van der Waals surface area (Å²) >= 11 is 0. The number of nitrogens with one attached hydrogen (secondary N) is 2. The van der Waals surface area contributed by atoms with E-state index in [1.165, 1.54) is 12.0 Å². The van der Waals surface area contributed by atoms with Crippen LogP contribution in [0.15, 0.2) is 35.3 Å². The number of carbonyl (C=O) groups is 1. The second kappa shape index (κ2) is 12.1. The molecule has 1 aromatic carbocycles. The van der Waals surface area contributed by atoms with Gasteiger partial charge in [0.05, 0.1) is 12.1 Å². The van der Waals surface area contributed by atoms with Crippen LogP contribution in [-0.2, 0) is 9.53 Å². The number of carbonyl (C=O) groups excluding carboxylic acids is 1. The van der Waals surface area contributed by atoms with Crippen molar-refractivity contribution in [3.63, 3.8) is 0 Å². The summed E-state index contributed by atoms with van der Waals surface area (Å²) in [7, 11) is 3.47. The van der Waals surface area contributed by atoms with Crippen LogP contribution in [-0.4, -0.2) is 56.7 Å². The molecule has 26 heavy (non-hydrogen) atoms. The quantitative estimate of drug-likeness (QED) is 0.378. The van der Waals surface area contributed by atoms with Gasteiger partial charge in [0.25, 0.3) is 0 Å². The summed E-state index contributed by atoms with van der Waals surface area (Å²) in [6.07, 6.45) is 3.60. The summed E-state index contributed by atoms with van der Waals surface area (Å²) < 4.78 is 5.76. The van der Waals surface area contributed by atoms with Crippen molar-refractivity contribution in [1.82, 2.24) is 15.5 Å². The molecule has 0 aliphatic carbocycles. The van der Waals surface area contributed by atoms with Crippen LogP contribution >= 0.6 is 24.0 Å². The Balaban J connectivity index is 0.00000338. The first kappa shape index (κ1) is 22.7. The molecule has 0 spiro atoms. The Labute approximate surface area is 173 Å². The number of amides is 1. The predicted octanol–water partition coefficient (Wildman–Crippen LogP) is 2.56. The largest absolute Gasteiger partial charge is 0.376 e. The van der Waals surface area contributed by atoms with E-state index in [1.54, 1.807) is 19.0 Å². The van der Waals surface area contributed by atoms with Crippen LogP contribution in [0.3, 0.4) is 0 Å². The van der Waals surface area contributed by atoms with Gasteiger partial charge in [0.2, 0.25) is 5.91 Å². The van der Waals surface area contributed by atoms with Gasteiger partial charge in [0, 0.05) is 27.2 Å². The molecule has 1 saturated heterocycles. The molecule has 0 radical (unpaired) electrons. The Hall–Kier alpha value is -1.35. The number of hydrogen-bond acceptors (Lipinski definition) is 3. The third-order valence-corrected chi connectivity index (χ3v) is 4.30. The minimum Gasteiger partial charge on any atom is -0.376 e. The Bertz CT molecular complexity index is 560. The summed E-state index contributed by atoms with van der Waals surface area (Å²) in [6, 6.07) is 10.3. The Kier molecular flexibility index (Phi) is 10.6. The average molecular weight is 474 g/mol. The van der Waals surface area contributed by atoms with Gasteiger partial charge in [-0.1, -0.05) is 30.3 Å². The van der Waals surface area contributed by atoms with Crippen molar-refractivity contribution in [2.45, 2.75) is 38.3 Å². The Morgan fingerprint density at radius 1 is 1.31 bits per heavy atom. The van der Waals surface area contributed by atoms with Crippen LogP contribution in [0.2, 0.25) is 0 Å². The van der Waals surface area contributed by atoms with E-state index < -0.39 is 0 Å². The highest BCUT2D eigenvalue weighted by Crippen LogP contribution is 2.12. The molecule has 7 heteroatoms. The third-order valence-electron chi connectivity index (χ3n) is 4.30. The molecule has 2 atom stereocenters. The van der Waals surface area contributed by atoms with E-state index in [0.29, 0.717) is 12.5 Å². The number of ether oxygens (including phenoxy) is 1. The van der Waals surface area contributed by atoms with E-state index in [4.69, 9.17) is 4.74 Å². The highest BCUT2D eigenvalue weighted by Gasteiger charge is 2.15. The van der Waals surface area contributed by atoms with Crippen molar-refractivity contribution in [3.8, 4) is 0 Å². The number of hydrogen-bond donors (Lipinski definition) is 2. The maximum atomic E-state index is 11.8. The molecule has 1 aliphatic rings. The fraction of sp³-hybridized carbons (Fsp3) is 0.579. The molecular weight excluding hydrogens is 443 g/mol. The highest BCUT2D eigenvalue weighted by atomic mass is 127. The standard InChI is InChI=1S/C19H30N4O2.HI/c1-15(16-9-5-4-6-10-16)22-19(21-14-18(24)23(2)3)20-13-17-11-7-8-12-25-17;/h4-6,9-10,15,17H,7-8,11-14H2,1-3H3,(H2,20,21,22);1H.